The van der Waals surface area contributed by atoms with E-state index < -0.39 is 24.3 Å². The van der Waals surface area contributed by atoms with E-state index in [9.17, 15) is 5.11 Å². The van der Waals surface area contributed by atoms with Crippen LogP contribution in [-0.4, -0.2) is 47.8 Å². The van der Waals surface area contributed by atoms with E-state index in [-0.39, 0.29) is 11.6 Å². The quantitative estimate of drug-likeness (QED) is 0.350. The Hall–Kier alpha value is -3.69. The van der Waals surface area contributed by atoms with Gasteiger partial charge in [-0.3, -0.25) is 9.97 Å². The summed E-state index contributed by atoms with van der Waals surface area (Å²) in [5, 5.41) is 19.6. The number of pyridine rings is 2. The van der Waals surface area contributed by atoms with Crippen LogP contribution in [-0.2, 0) is 17.4 Å². The molecule has 8 nitrogen and oxygen atoms in total. The molecular weight excluding hydrogens is 483 g/mol. The third-order valence-electron chi connectivity index (χ3n) is 7.50. The predicted molar refractivity (Wildman–Crippen MR) is 143 cm³/mol. The summed E-state index contributed by atoms with van der Waals surface area (Å²) in [6, 6.07) is 10.0. The Kier molecular flexibility index (Phi) is 5.18. The Labute approximate surface area is 224 Å². The number of ether oxygens (including phenoxy) is 1. The number of hydrogen-bond acceptors (Lipinski definition) is 6. The van der Waals surface area contributed by atoms with Crippen molar-refractivity contribution in [3.63, 3.8) is 0 Å². The number of aryl methyl sites for hydroxylation is 2. The molecule has 1 atom stereocenters. The molecule has 0 saturated carbocycles. The molecule has 0 aliphatic carbocycles. The molecule has 1 aromatic carbocycles. The third kappa shape index (κ3) is 4.06. The van der Waals surface area contributed by atoms with Crippen molar-refractivity contribution in [2.75, 3.05) is 13.2 Å². The molecule has 5 heterocycles. The van der Waals surface area contributed by atoms with Crippen LogP contribution in [0.4, 0.5) is 4.39 Å². The summed E-state index contributed by atoms with van der Waals surface area (Å²) in [6.45, 7) is 2.06. The number of benzene rings is 1. The van der Waals surface area contributed by atoms with Crippen molar-refractivity contribution in [2.45, 2.75) is 45.2 Å². The zero-order chi connectivity index (χ0) is 29.1. The molecule has 38 heavy (non-hydrogen) atoms. The zero-order valence-electron chi connectivity index (χ0n) is 24.5. The number of rotatable bonds is 5. The lowest BCUT2D eigenvalue weighted by Crippen LogP contribution is -2.28. The first kappa shape index (κ1) is 21.3. The second-order valence-corrected chi connectivity index (χ2v) is 10.4. The summed E-state index contributed by atoms with van der Waals surface area (Å²) in [4.78, 5) is 9.33. The second-order valence-electron chi connectivity index (χ2n) is 10.4. The molecule has 1 fully saturated rings. The fourth-order valence-corrected chi connectivity index (χ4v) is 5.60. The molecule has 9 heteroatoms. The van der Waals surface area contributed by atoms with E-state index in [0.717, 1.165) is 10.9 Å². The highest BCUT2D eigenvalue weighted by Gasteiger charge is 2.33. The van der Waals surface area contributed by atoms with Gasteiger partial charge in [0.05, 0.1) is 45.3 Å². The largest absolute Gasteiger partial charge is 0.386 e. The van der Waals surface area contributed by atoms with Crippen LogP contribution in [0.25, 0.3) is 33.2 Å². The van der Waals surface area contributed by atoms with Crippen LogP contribution in [0.1, 0.15) is 53.8 Å². The molecule has 0 radical (unpaired) electrons. The molecule has 0 spiro atoms. The van der Waals surface area contributed by atoms with Gasteiger partial charge in [-0.1, -0.05) is 17.3 Å². The maximum absolute atomic E-state index is 15.5. The Morgan fingerprint density at radius 2 is 1.97 bits per heavy atom. The van der Waals surface area contributed by atoms with Crippen molar-refractivity contribution in [1.29, 1.82) is 0 Å². The lowest BCUT2D eigenvalue weighted by Gasteiger charge is -2.32. The highest BCUT2D eigenvalue weighted by Crippen LogP contribution is 2.42. The Bertz CT molecular complexity index is 1750. The molecule has 1 unspecified atom stereocenters. The monoisotopic (exact) mass is 517 g/mol. The van der Waals surface area contributed by atoms with Crippen LogP contribution in [0.15, 0.2) is 48.8 Å². The Morgan fingerprint density at radius 1 is 1.16 bits per heavy atom. The van der Waals surface area contributed by atoms with Gasteiger partial charge in [0.25, 0.3) is 0 Å². The number of nitrogens with zero attached hydrogens (tertiary/aromatic N) is 6. The van der Waals surface area contributed by atoms with Crippen LogP contribution in [0.3, 0.4) is 0 Å². The van der Waals surface area contributed by atoms with Gasteiger partial charge in [0.2, 0.25) is 0 Å². The van der Waals surface area contributed by atoms with E-state index in [1.807, 2.05) is 24.3 Å². The van der Waals surface area contributed by atoms with E-state index in [2.05, 4.69) is 19.9 Å². The number of aromatic nitrogens is 6. The van der Waals surface area contributed by atoms with Gasteiger partial charge in [0, 0.05) is 47.7 Å². The van der Waals surface area contributed by atoms with Gasteiger partial charge in [-0.25, -0.2) is 9.07 Å². The average Bonchev–Trinajstić information content (AvgIpc) is 3.48. The summed E-state index contributed by atoms with van der Waals surface area (Å²) in [6.07, 6.45) is 4.62. The Balaban J connectivity index is 1.71. The van der Waals surface area contributed by atoms with Crippen LogP contribution < -0.4 is 0 Å². The van der Waals surface area contributed by atoms with Gasteiger partial charge in [-0.05, 0) is 69.3 Å². The van der Waals surface area contributed by atoms with Crippen molar-refractivity contribution >= 4 is 21.9 Å². The molecular formula is C29H31FN6O2. The third-order valence-corrected chi connectivity index (χ3v) is 7.50. The number of aliphatic hydroxyl groups is 1. The van der Waals surface area contributed by atoms with Crippen molar-refractivity contribution in [2.24, 2.45) is 13.0 Å². The van der Waals surface area contributed by atoms with Crippen molar-refractivity contribution in [3.05, 3.63) is 71.6 Å². The summed E-state index contributed by atoms with van der Waals surface area (Å²) < 4.78 is 48.7. The van der Waals surface area contributed by atoms with E-state index in [1.165, 1.54) is 10.7 Å². The first-order valence-corrected chi connectivity index (χ1v) is 12.7. The summed E-state index contributed by atoms with van der Waals surface area (Å²) in [5.41, 5.74) is 2.75. The fraction of sp³-hybridized carbons (Fsp3) is 0.379. The van der Waals surface area contributed by atoms with E-state index in [4.69, 9.17) is 13.8 Å². The molecule has 196 valence electrons. The minimum atomic E-state index is -2.48. The summed E-state index contributed by atoms with van der Waals surface area (Å²) >= 11 is 0. The zero-order valence-corrected chi connectivity index (χ0v) is 21.5. The van der Waals surface area contributed by atoms with Crippen LogP contribution in [0, 0.1) is 18.6 Å². The minimum absolute atomic E-state index is 0.00213. The van der Waals surface area contributed by atoms with Crippen LogP contribution >= 0.6 is 0 Å². The number of hydrogen-bond donors (Lipinski definition) is 1. The van der Waals surface area contributed by atoms with Gasteiger partial charge in [-0.15, -0.1) is 5.10 Å². The maximum Gasteiger partial charge on any atom is 0.146 e. The summed E-state index contributed by atoms with van der Waals surface area (Å²) in [5.74, 6) is -0.417. The molecule has 4 aromatic heterocycles. The molecule has 6 rings (SSSR count). The van der Waals surface area contributed by atoms with Crippen molar-refractivity contribution in [1.82, 2.24) is 29.5 Å². The molecule has 1 N–H and O–H groups in total. The number of halogens is 1. The van der Waals surface area contributed by atoms with E-state index in [0.29, 0.717) is 59.6 Å². The standard InChI is InChI=1S/C29H31FN6O2/c1-17-27(35(4)34-33-17)19-14-24-25(32-16-19)21-8-7-20(29(2,3)37)15-23(21)36(24)28(18-9-12-38-13-10-18)26-22(30)6-5-11-31-26/h5-8,11,14-16,18,28,37H,9-10,12-13H2,1-4H3/i1D3. The van der Waals surface area contributed by atoms with Gasteiger partial charge in [-0.2, -0.15) is 0 Å². The van der Waals surface area contributed by atoms with Gasteiger partial charge in [0.15, 0.2) is 0 Å². The summed E-state index contributed by atoms with van der Waals surface area (Å²) in [7, 11) is 1.64. The van der Waals surface area contributed by atoms with Gasteiger partial charge < -0.3 is 14.4 Å². The lowest BCUT2D eigenvalue weighted by atomic mass is 9.88. The normalized spacial score (nSPS) is 17.4. The van der Waals surface area contributed by atoms with Gasteiger partial charge >= 0.3 is 0 Å². The molecule has 1 aliphatic heterocycles. The predicted octanol–water partition coefficient (Wildman–Crippen LogP) is 5.07. The van der Waals surface area contributed by atoms with Crippen LogP contribution in [0.5, 0.6) is 0 Å². The minimum Gasteiger partial charge on any atom is -0.386 e. The topological polar surface area (TPSA) is 90.9 Å². The van der Waals surface area contributed by atoms with Crippen LogP contribution in [0.2, 0.25) is 0 Å². The van der Waals surface area contributed by atoms with Gasteiger partial charge in [0.1, 0.15) is 5.82 Å². The first-order chi connectivity index (χ1) is 19.4. The Morgan fingerprint density at radius 3 is 2.71 bits per heavy atom. The molecule has 1 aliphatic rings. The smallest absolute Gasteiger partial charge is 0.146 e. The SMILES string of the molecule is [2H]C([2H])([2H])c1nnn(C)c1-c1cnc2c3ccc(C(C)(C)O)cc3n(C(c3ncccc3F)C3CCOCC3)c2c1. The van der Waals surface area contributed by atoms with Crippen molar-refractivity contribution < 1.29 is 18.3 Å². The maximum atomic E-state index is 15.5. The first-order valence-electron chi connectivity index (χ1n) is 14.2. The molecule has 0 amide bonds. The molecule has 0 bridgehead atoms. The number of fused-ring (bicyclic) bond motifs is 3. The highest BCUT2D eigenvalue weighted by molar-refractivity contribution is 6.07. The van der Waals surface area contributed by atoms with E-state index >= 15 is 4.39 Å². The average molecular weight is 518 g/mol. The highest BCUT2D eigenvalue weighted by atomic mass is 19.1. The molecule has 5 aromatic rings. The lowest BCUT2D eigenvalue weighted by molar-refractivity contribution is 0.0542. The molecule has 1 saturated heterocycles. The second kappa shape index (κ2) is 9.25. The fourth-order valence-electron chi connectivity index (χ4n) is 5.60. The van der Waals surface area contributed by atoms with Crippen molar-refractivity contribution in [3.8, 4) is 11.3 Å². The van der Waals surface area contributed by atoms with E-state index in [1.54, 1.807) is 39.4 Å².